The van der Waals surface area contributed by atoms with Crippen LogP contribution in [-0.2, 0) is 0 Å². The van der Waals surface area contributed by atoms with Gasteiger partial charge in [0.15, 0.2) is 5.78 Å². The number of carbonyl (C=O) groups excluding carboxylic acids is 1. The maximum atomic E-state index is 12.6. The third-order valence-electron chi connectivity index (χ3n) is 4.08. The fourth-order valence-corrected chi connectivity index (χ4v) is 2.85. The van der Waals surface area contributed by atoms with Crippen molar-refractivity contribution < 1.29 is 19.0 Å². The van der Waals surface area contributed by atoms with E-state index >= 15 is 0 Å². The Morgan fingerprint density at radius 2 is 1.50 bits per heavy atom. The molecular weight excluding hydrogens is 376 g/mol. The van der Waals surface area contributed by atoms with Gasteiger partial charge in [-0.2, -0.15) is 0 Å². The first-order valence-electron chi connectivity index (χ1n) is 10.4. The second-order valence-electron chi connectivity index (χ2n) is 9.22. The summed E-state index contributed by atoms with van der Waals surface area (Å²) in [5.74, 6) is 2.14. The van der Waals surface area contributed by atoms with Gasteiger partial charge >= 0.3 is 0 Å². The van der Waals surface area contributed by atoms with Crippen LogP contribution < -0.4 is 14.2 Å². The SMILES string of the molecule is CCOc1ccc(C(=O)/C=C/c2cc(OC(C)(C)C)cc(OC(C)(C)C)c2C)cc1. The van der Waals surface area contributed by atoms with Crippen LogP contribution in [0.4, 0.5) is 0 Å². The molecule has 4 heteroatoms. The lowest BCUT2D eigenvalue weighted by molar-refractivity contribution is 0.104. The van der Waals surface area contributed by atoms with E-state index in [0.29, 0.717) is 17.9 Å². The molecule has 0 spiro atoms. The predicted molar refractivity (Wildman–Crippen MR) is 123 cm³/mol. The average molecular weight is 411 g/mol. The molecule has 0 amide bonds. The lowest BCUT2D eigenvalue weighted by Gasteiger charge is -2.26. The van der Waals surface area contributed by atoms with Gasteiger partial charge in [-0.25, -0.2) is 0 Å². The van der Waals surface area contributed by atoms with Gasteiger partial charge in [0.2, 0.25) is 0 Å². The van der Waals surface area contributed by atoms with Crippen LogP contribution in [0.5, 0.6) is 17.2 Å². The molecule has 0 bridgehead atoms. The quantitative estimate of drug-likeness (QED) is 0.379. The third kappa shape index (κ3) is 7.25. The van der Waals surface area contributed by atoms with Crippen molar-refractivity contribution in [1.82, 2.24) is 0 Å². The number of hydrogen-bond donors (Lipinski definition) is 0. The monoisotopic (exact) mass is 410 g/mol. The van der Waals surface area contributed by atoms with Gasteiger partial charge in [-0.05, 0) is 103 Å². The fraction of sp³-hybridized carbons (Fsp3) is 0.423. The van der Waals surface area contributed by atoms with E-state index in [-0.39, 0.29) is 17.0 Å². The van der Waals surface area contributed by atoms with E-state index in [1.165, 1.54) is 0 Å². The first kappa shape index (κ1) is 23.5. The van der Waals surface area contributed by atoms with Gasteiger partial charge < -0.3 is 14.2 Å². The number of ether oxygens (including phenoxy) is 3. The molecule has 30 heavy (non-hydrogen) atoms. The molecule has 0 saturated carbocycles. The van der Waals surface area contributed by atoms with Gasteiger partial charge in [-0.15, -0.1) is 0 Å². The Balaban J connectivity index is 2.34. The summed E-state index contributed by atoms with van der Waals surface area (Å²) >= 11 is 0. The number of benzene rings is 2. The molecule has 0 saturated heterocycles. The van der Waals surface area contributed by atoms with Crippen molar-refractivity contribution in [2.75, 3.05) is 6.61 Å². The standard InChI is InChI=1S/C26H34O4/c1-9-28-21-13-10-19(11-14-21)23(27)15-12-20-16-22(29-25(3,4)5)17-24(18(20)2)30-26(6,7)8/h10-17H,9H2,1-8H3/b15-12+. The maximum Gasteiger partial charge on any atom is 0.185 e. The van der Waals surface area contributed by atoms with Crippen LogP contribution in [0.1, 0.15) is 70.0 Å². The first-order valence-corrected chi connectivity index (χ1v) is 10.4. The van der Waals surface area contributed by atoms with Crippen LogP contribution in [0.2, 0.25) is 0 Å². The van der Waals surface area contributed by atoms with E-state index in [9.17, 15) is 4.79 Å². The Labute approximate surface area is 180 Å². The number of rotatable bonds is 7. The molecule has 0 aliphatic carbocycles. The van der Waals surface area contributed by atoms with Crippen LogP contribution in [-0.4, -0.2) is 23.6 Å². The normalized spacial score (nSPS) is 12.1. The van der Waals surface area contributed by atoms with Gasteiger partial charge in [-0.1, -0.05) is 6.08 Å². The van der Waals surface area contributed by atoms with Crippen molar-refractivity contribution in [3.05, 3.63) is 59.2 Å². The maximum absolute atomic E-state index is 12.6. The molecule has 0 radical (unpaired) electrons. The summed E-state index contributed by atoms with van der Waals surface area (Å²) in [4.78, 5) is 12.6. The molecule has 0 fully saturated rings. The minimum Gasteiger partial charge on any atom is -0.494 e. The highest BCUT2D eigenvalue weighted by molar-refractivity contribution is 6.07. The Morgan fingerprint density at radius 3 is 2.03 bits per heavy atom. The summed E-state index contributed by atoms with van der Waals surface area (Å²) in [6.45, 7) is 16.5. The molecule has 0 aromatic heterocycles. The Morgan fingerprint density at radius 1 is 0.900 bits per heavy atom. The smallest absolute Gasteiger partial charge is 0.185 e. The molecule has 0 atom stereocenters. The second-order valence-corrected chi connectivity index (χ2v) is 9.22. The number of allylic oxidation sites excluding steroid dienone is 1. The number of hydrogen-bond acceptors (Lipinski definition) is 4. The van der Waals surface area contributed by atoms with Crippen molar-refractivity contribution in [3.63, 3.8) is 0 Å². The predicted octanol–water partition coefficient (Wildman–Crippen LogP) is 6.64. The van der Waals surface area contributed by atoms with E-state index in [0.717, 1.165) is 22.6 Å². The second kappa shape index (κ2) is 9.38. The van der Waals surface area contributed by atoms with Gasteiger partial charge in [0, 0.05) is 11.6 Å². The fourth-order valence-electron chi connectivity index (χ4n) is 2.85. The molecular formula is C26H34O4. The lowest BCUT2D eigenvalue weighted by Crippen LogP contribution is -2.25. The number of carbonyl (C=O) groups is 1. The average Bonchev–Trinajstić information content (AvgIpc) is 2.61. The molecule has 2 aromatic rings. The zero-order valence-corrected chi connectivity index (χ0v) is 19.5. The van der Waals surface area contributed by atoms with Crippen LogP contribution in [0, 0.1) is 6.92 Å². The van der Waals surface area contributed by atoms with Crippen molar-refractivity contribution in [1.29, 1.82) is 0 Å². The highest BCUT2D eigenvalue weighted by Crippen LogP contribution is 2.33. The Kier molecular flexibility index (Phi) is 7.35. The molecule has 2 aromatic carbocycles. The Hall–Kier alpha value is -2.75. The molecule has 4 nitrogen and oxygen atoms in total. The summed E-state index contributed by atoms with van der Waals surface area (Å²) in [6.07, 6.45) is 3.40. The molecule has 0 N–H and O–H groups in total. The van der Waals surface area contributed by atoms with Crippen LogP contribution in [0.3, 0.4) is 0 Å². The minimum absolute atomic E-state index is 0.0714. The zero-order chi connectivity index (χ0) is 22.5. The van der Waals surface area contributed by atoms with Crippen LogP contribution in [0.25, 0.3) is 6.08 Å². The van der Waals surface area contributed by atoms with E-state index in [4.69, 9.17) is 14.2 Å². The van der Waals surface area contributed by atoms with Crippen molar-refractivity contribution in [2.45, 2.75) is 66.6 Å². The van der Waals surface area contributed by atoms with Gasteiger partial charge in [0.05, 0.1) is 6.61 Å². The summed E-state index contributed by atoms with van der Waals surface area (Å²) < 4.78 is 17.6. The van der Waals surface area contributed by atoms with Crippen LogP contribution in [0.15, 0.2) is 42.5 Å². The van der Waals surface area contributed by atoms with Crippen molar-refractivity contribution in [3.8, 4) is 17.2 Å². The van der Waals surface area contributed by atoms with Crippen molar-refractivity contribution >= 4 is 11.9 Å². The molecule has 162 valence electrons. The third-order valence-corrected chi connectivity index (χ3v) is 4.08. The lowest BCUT2D eigenvalue weighted by atomic mass is 10.0. The summed E-state index contributed by atoms with van der Waals surface area (Å²) in [5.41, 5.74) is 1.77. The van der Waals surface area contributed by atoms with Gasteiger partial charge in [0.25, 0.3) is 0 Å². The Bertz CT molecular complexity index is 894. The van der Waals surface area contributed by atoms with E-state index in [2.05, 4.69) is 0 Å². The van der Waals surface area contributed by atoms with Gasteiger partial charge in [-0.3, -0.25) is 4.79 Å². The number of ketones is 1. The molecule has 0 heterocycles. The van der Waals surface area contributed by atoms with Gasteiger partial charge in [0.1, 0.15) is 28.5 Å². The first-order chi connectivity index (χ1) is 13.9. The van der Waals surface area contributed by atoms with Crippen LogP contribution >= 0.6 is 0 Å². The molecule has 0 unspecified atom stereocenters. The molecule has 2 rings (SSSR count). The van der Waals surface area contributed by atoms with Crippen molar-refractivity contribution in [2.24, 2.45) is 0 Å². The highest BCUT2D eigenvalue weighted by atomic mass is 16.5. The minimum atomic E-state index is -0.343. The summed E-state index contributed by atoms with van der Waals surface area (Å²) in [5, 5.41) is 0. The zero-order valence-electron chi connectivity index (χ0n) is 19.5. The summed E-state index contributed by atoms with van der Waals surface area (Å²) in [6, 6.07) is 11.0. The topological polar surface area (TPSA) is 44.8 Å². The summed E-state index contributed by atoms with van der Waals surface area (Å²) in [7, 11) is 0. The van der Waals surface area contributed by atoms with E-state index in [1.807, 2.05) is 85.7 Å². The molecule has 0 aliphatic heterocycles. The largest absolute Gasteiger partial charge is 0.494 e. The van der Waals surface area contributed by atoms with E-state index < -0.39 is 0 Å². The highest BCUT2D eigenvalue weighted by Gasteiger charge is 2.18. The molecule has 0 aliphatic rings. The van der Waals surface area contributed by atoms with E-state index in [1.54, 1.807) is 18.2 Å².